The molecule has 0 atom stereocenters. The zero-order valence-corrected chi connectivity index (χ0v) is 19.2. The number of amides is 1. The molecule has 0 unspecified atom stereocenters. The van der Waals surface area contributed by atoms with Crippen molar-refractivity contribution in [3.8, 4) is 0 Å². The Kier molecular flexibility index (Phi) is 7.83. The summed E-state index contributed by atoms with van der Waals surface area (Å²) in [6, 6.07) is 23.9. The van der Waals surface area contributed by atoms with Gasteiger partial charge in [-0.25, -0.2) is 0 Å². The molecule has 0 saturated carbocycles. The van der Waals surface area contributed by atoms with E-state index in [4.69, 9.17) is 0 Å². The molecule has 6 nitrogen and oxygen atoms in total. The minimum Gasteiger partial charge on any atom is -0.348 e. The van der Waals surface area contributed by atoms with Crippen LogP contribution in [0.2, 0.25) is 0 Å². The molecule has 1 saturated heterocycles. The van der Waals surface area contributed by atoms with Gasteiger partial charge in [-0.05, 0) is 54.3 Å². The second-order valence-electron chi connectivity index (χ2n) is 8.56. The lowest BCUT2D eigenvalue weighted by Crippen LogP contribution is -2.30. The molecule has 6 heteroatoms. The van der Waals surface area contributed by atoms with E-state index in [2.05, 4.69) is 22.3 Å². The van der Waals surface area contributed by atoms with Gasteiger partial charge in [0.25, 0.3) is 11.6 Å². The molecule has 1 N–H and O–H groups in total. The highest BCUT2D eigenvalue weighted by molar-refractivity contribution is 6.24. The van der Waals surface area contributed by atoms with Gasteiger partial charge in [0, 0.05) is 30.8 Å². The van der Waals surface area contributed by atoms with Gasteiger partial charge in [-0.1, -0.05) is 73.2 Å². The van der Waals surface area contributed by atoms with Crippen LogP contribution in [-0.2, 0) is 17.9 Å². The predicted octanol–water partition coefficient (Wildman–Crippen LogP) is 5.44. The van der Waals surface area contributed by atoms with Crippen LogP contribution >= 0.6 is 0 Å². The second-order valence-corrected chi connectivity index (χ2v) is 8.56. The molecule has 3 aromatic carbocycles. The maximum Gasteiger partial charge on any atom is 0.270 e. The number of rotatable bonds is 8. The van der Waals surface area contributed by atoms with Gasteiger partial charge in [-0.2, -0.15) is 0 Å². The predicted molar refractivity (Wildman–Crippen MR) is 135 cm³/mol. The SMILES string of the molecule is O=C(NCc1ccccc1CN1CCCCC1)/C(=C/c1cccc([N+](=O)[O-])c1)c1ccccc1. The number of hydrogen-bond donors (Lipinski definition) is 1. The normalized spacial score (nSPS) is 14.5. The first kappa shape index (κ1) is 23.4. The fourth-order valence-corrected chi connectivity index (χ4v) is 4.31. The molecule has 1 aliphatic rings. The molecule has 0 radical (unpaired) electrons. The number of hydrogen-bond acceptors (Lipinski definition) is 4. The van der Waals surface area contributed by atoms with Gasteiger partial charge < -0.3 is 5.32 Å². The fourth-order valence-electron chi connectivity index (χ4n) is 4.31. The van der Waals surface area contributed by atoms with Crippen LogP contribution in [0.25, 0.3) is 11.6 Å². The fraction of sp³-hybridized carbons (Fsp3) is 0.250. The van der Waals surface area contributed by atoms with E-state index in [-0.39, 0.29) is 11.6 Å². The van der Waals surface area contributed by atoms with Crippen molar-refractivity contribution >= 4 is 23.2 Å². The van der Waals surface area contributed by atoms with Gasteiger partial charge in [0.15, 0.2) is 0 Å². The third-order valence-electron chi connectivity index (χ3n) is 6.12. The van der Waals surface area contributed by atoms with Crippen molar-refractivity contribution in [2.24, 2.45) is 0 Å². The number of nitrogens with one attached hydrogen (secondary N) is 1. The molecular formula is C28H29N3O3. The van der Waals surface area contributed by atoms with E-state index in [1.54, 1.807) is 18.2 Å². The van der Waals surface area contributed by atoms with Crippen LogP contribution in [0.15, 0.2) is 78.9 Å². The molecule has 34 heavy (non-hydrogen) atoms. The number of carbonyl (C=O) groups excluding carboxylic acids is 1. The molecule has 0 bridgehead atoms. The van der Waals surface area contributed by atoms with E-state index >= 15 is 0 Å². The quantitative estimate of drug-likeness (QED) is 0.212. The van der Waals surface area contributed by atoms with Crippen LogP contribution in [0.4, 0.5) is 5.69 Å². The number of carbonyl (C=O) groups is 1. The minimum absolute atomic E-state index is 0.00629. The Balaban J connectivity index is 1.54. The Morgan fingerprint density at radius 2 is 1.62 bits per heavy atom. The molecule has 1 fully saturated rings. The van der Waals surface area contributed by atoms with Crippen LogP contribution in [0.3, 0.4) is 0 Å². The number of nitrogens with zero attached hydrogens (tertiary/aromatic N) is 2. The highest BCUT2D eigenvalue weighted by atomic mass is 16.6. The highest BCUT2D eigenvalue weighted by Crippen LogP contribution is 2.22. The molecular weight excluding hydrogens is 426 g/mol. The molecule has 1 amide bonds. The van der Waals surface area contributed by atoms with E-state index in [0.717, 1.165) is 30.8 Å². The van der Waals surface area contributed by atoms with Gasteiger partial charge >= 0.3 is 0 Å². The Labute approximate surface area is 200 Å². The van der Waals surface area contributed by atoms with Crippen molar-refractivity contribution in [2.75, 3.05) is 13.1 Å². The highest BCUT2D eigenvalue weighted by Gasteiger charge is 2.16. The summed E-state index contributed by atoms with van der Waals surface area (Å²) >= 11 is 0. The van der Waals surface area contributed by atoms with Crippen LogP contribution < -0.4 is 5.32 Å². The minimum atomic E-state index is -0.432. The molecule has 1 aliphatic heterocycles. The maximum absolute atomic E-state index is 13.3. The van der Waals surface area contributed by atoms with Crippen molar-refractivity contribution in [3.05, 3.63) is 111 Å². The average molecular weight is 456 g/mol. The van der Waals surface area contributed by atoms with Crippen LogP contribution in [0.1, 0.15) is 41.5 Å². The largest absolute Gasteiger partial charge is 0.348 e. The first-order valence-corrected chi connectivity index (χ1v) is 11.7. The third kappa shape index (κ3) is 6.17. The molecule has 4 rings (SSSR count). The lowest BCUT2D eigenvalue weighted by Gasteiger charge is -2.27. The summed E-state index contributed by atoms with van der Waals surface area (Å²) in [5, 5.41) is 14.3. The van der Waals surface area contributed by atoms with Crippen molar-refractivity contribution in [1.29, 1.82) is 0 Å². The monoisotopic (exact) mass is 455 g/mol. The van der Waals surface area contributed by atoms with Crippen molar-refractivity contribution in [2.45, 2.75) is 32.4 Å². The topological polar surface area (TPSA) is 75.5 Å². The Hall–Kier alpha value is -3.77. The molecule has 0 aromatic heterocycles. The summed E-state index contributed by atoms with van der Waals surface area (Å²) < 4.78 is 0. The van der Waals surface area contributed by atoms with E-state index in [1.807, 2.05) is 42.5 Å². The zero-order chi connectivity index (χ0) is 23.8. The van der Waals surface area contributed by atoms with Gasteiger partial charge in [0.2, 0.25) is 0 Å². The summed E-state index contributed by atoms with van der Waals surface area (Å²) in [6.07, 6.45) is 5.48. The zero-order valence-electron chi connectivity index (χ0n) is 19.2. The van der Waals surface area contributed by atoms with Gasteiger partial charge in [-0.3, -0.25) is 19.8 Å². The first-order valence-electron chi connectivity index (χ1n) is 11.7. The maximum atomic E-state index is 13.3. The molecule has 174 valence electrons. The number of nitro benzene ring substituents is 1. The van der Waals surface area contributed by atoms with Crippen LogP contribution in [0, 0.1) is 10.1 Å². The third-order valence-corrected chi connectivity index (χ3v) is 6.12. The summed E-state index contributed by atoms with van der Waals surface area (Å²) in [6.45, 7) is 3.54. The first-order chi connectivity index (χ1) is 16.6. The molecule has 0 spiro atoms. The van der Waals surface area contributed by atoms with Crippen molar-refractivity contribution in [1.82, 2.24) is 10.2 Å². The standard InChI is InChI=1S/C28H29N3O3/c32-28(29-20-24-13-5-6-14-25(24)21-30-16-7-2-8-17-30)27(23-11-3-1-4-12-23)19-22-10-9-15-26(18-22)31(33)34/h1,3-6,9-15,18-19H,2,7-8,16-17,20-21H2,(H,29,32)/b27-19+. The Bertz CT molecular complexity index is 1170. The lowest BCUT2D eigenvalue weighted by atomic mass is 10.0. The Morgan fingerprint density at radius 3 is 2.35 bits per heavy atom. The smallest absolute Gasteiger partial charge is 0.270 e. The van der Waals surface area contributed by atoms with Gasteiger partial charge in [0.1, 0.15) is 0 Å². The van der Waals surface area contributed by atoms with E-state index in [9.17, 15) is 14.9 Å². The summed E-state index contributed by atoms with van der Waals surface area (Å²) in [4.78, 5) is 26.5. The Morgan fingerprint density at radius 1 is 0.912 bits per heavy atom. The molecule has 0 aliphatic carbocycles. The number of benzene rings is 3. The van der Waals surface area contributed by atoms with Gasteiger partial charge in [-0.15, -0.1) is 0 Å². The van der Waals surface area contributed by atoms with Crippen LogP contribution in [0.5, 0.6) is 0 Å². The van der Waals surface area contributed by atoms with E-state index in [1.165, 1.54) is 37.0 Å². The summed E-state index contributed by atoms with van der Waals surface area (Å²) in [7, 11) is 0. The van der Waals surface area contributed by atoms with Gasteiger partial charge in [0.05, 0.1) is 4.92 Å². The summed E-state index contributed by atoms with van der Waals surface area (Å²) in [5.74, 6) is -0.217. The lowest BCUT2D eigenvalue weighted by molar-refractivity contribution is -0.384. The van der Waals surface area contributed by atoms with Crippen molar-refractivity contribution in [3.63, 3.8) is 0 Å². The summed E-state index contributed by atoms with van der Waals surface area (Å²) in [5.41, 5.74) is 4.16. The van der Waals surface area contributed by atoms with E-state index in [0.29, 0.717) is 17.7 Å². The number of likely N-dealkylation sites (tertiary alicyclic amines) is 1. The van der Waals surface area contributed by atoms with Crippen LogP contribution in [-0.4, -0.2) is 28.8 Å². The number of piperidine rings is 1. The number of nitro groups is 1. The van der Waals surface area contributed by atoms with Crippen molar-refractivity contribution < 1.29 is 9.72 Å². The average Bonchev–Trinajstić information content (AvgIpc) is 2.88. The molecule has 3 aromatic rings. The second kappa shape index (κ2) is 11.4. The van der Waals surface area contributed by atoms with E-state index < -0.39 is 4.92 Å². The molecule has 1 heterocycles. The number of non-ortho nitro benzene ring substituents is 1.